The fraction of sp³-hybridized carbons (Fsp3) is 0.781. The second-order valence-electron chi connectivity index (χ2n) is 13.8. The SMILES string of the molecule is CC1=C(C#CC2=CCC[C@]3(C)[C@@H]([C@H](C)CCCC(C)(C)O)CC[C@@H]23)C[C@@H](O)C[C@@H]1NC(=O)OC(C)(C)C. The number of aliphatic hydroxyl groups excluding tert-OH is 1. The molecule has 0 saturated heterocycles. The van der Waals surface area contributed by atoms with Crippen molar-refractivity contribution in [2.45, 2.75) is 137 Å². The monoisotopic (exact) mass is 513 g/mol. The molecular formula is C32H51NO4. The smallest absolute Gasteiger partial charge is 0.408 e. The Morgan fingerprint density at radius 2 is 1.95 bits per heavy atom. The molecule has 0 unspecified atom stereocenters. The highest BCUT2D eigenvalue weighted by Gasteiger charge is 2.50. The van der Waals surface area contributed by atoms with Gasteiger partial charge in [-0.1, -0.05) is 44.6 Å². The van der Waals surface area contributed by atoms with Crippen LogP contribution in [-0.2, 0) is 4.74 Å². The van der Waals surface area contributed by atoms with Crippen molar-refractivity contribution in [3.63, 3.8) is 0 Å². The van der Waals surface area contributed by atoms with Crippen molar-refractivity contribution in [3.8, 4) is 11.8 Å². The van der Waals surface area contributed by atoms with Gasteiger partial charge in [0.05, 0.1) is 17.7 Å². The quantitative estimate of drug-likeness (QED) is 0.346. The second kappa shape index (κ2) is 11.5. The number of alkyl carbamates (subject to hydrolysis) is 1. The number of aliphatic hydroxyl groups is 2. The van der Waals surface area contributed by atoms with Crippen LogP contribution in [0.2, 0.25) is 0 Å². The molecule has 1 amide bonds. The van der Waals surface area contributed by atoms with E-state index in [9.17, 15) is 15.0 Å². The van der Waals surface area contributed by atoms with Crippen LogP contribution in [-0.4, -0.2) is 39.7 Å². The van der Waals surface area contributed by atoms with Gasteiger partial charge in [-0.25, -0.2) is 4.79 Å². The minimum absolute atomic E-state index is 0.267. The van der Waals surface area contributed by atoms with Crippen LogP contribution in [0.4, 0.5) is 4.79 Å². The zero-order valence-electron chi connectivity index (χ0n) is 24.5. The average molecular weight is 514 g/mol. The van der Waals surface area contributed by atoms with Crippen LogP contribution in [0.3, 0.4) is 0 Å². The molecule has 3 N–H and O–H groups in total. The van der Waals surface area contributed by atoms with Gasteiger partial charge in [-0.2, -0.15) is 0 Å². The Morgan fingerprint density at radius 3 is 2.59 bits per heavy atom. The summed E-state index contributed by atoms with van der Waals surface area (Å²) in [5.41, 5.74) is 2.33. The van der Waals surface area contributed by atoms with Gasteiger partial charge in [-0.3, -0.25) is 0 Å². The van der Waals surface area contributed by atoms with Crippen molar-refractivity contribution in [1.29, 1.82) is 0 Å². The maximum atomic E-state index is 12.4. The third kappa shape index (κ3) is 7.87. The Morgan fingerprint density at radius 1 is 1.24 bits per heavy atom. The minimum atomic E-state index is -0.584. The molecule has 6 atom stereocenters. The number of carbonyl (C=O) groups is 1. The summed E-state index contributed by atoms with van der Waals surface area (Å²) in [4.78, 5) is 12.4. The number of fused-ring (bicyclic) bond motifs is 1. The minimum Gasteiger partial charge on any atom is -0.444 e. The number of rotatable bonds is 6. The maximum Gasteiger partial charge on any atom is 0.408 e. The van der Waals surface area contributed by atoms with Crippen LogP contribution in [0.1, 0.15) is 113 Å². The Bertz CT molecular complexity index is 954. The number of hydrogen-bond donors (Lipinski definition) is 3. The van der Waals surface area contributed by atoms with E-state index >= 15 is 0 Å². The number of ether oxygens (including phenoxy) is 1. The van der Waals surface area contributed by atoms with E-state index < -0.39 is 23.4 Å². The van der Waals surface area contributed by atoms with Gasteiger partial charge in [0.2, 0.25) is 0 Å². The van der Waals surface area contributed by atoms with Crippen molar-refractivity contribution < 1.29 is 19.7 Å². The van der Waals surface area contributed by atoms with Crippen LogP contribution in [0.15, 0.2) is 22.8 Å². The van der Waals surface area contributed by atoms with Crippen LogP contribution in [0.5, 0.6) is 0 Å². The number of allylic oxidation sites excluding steroid dienone is 2. The van der Waals surface area contributed by atoms with E-state index in [1.54, 1.807) is 0 Å². The molecule has 5 heteroatoms. The fourth-order valence-corrected chi connectivity index (χ4v) is 7.00. The predicted molar refractivity (Wildman–Crippen MR) is 150 cm³/mol. The largest absolute Gasteiger partial charge is 0.444 e. The Hall–Kier alpha value is -1.77. The summed E-state index contributed by atoms with van der Waals surface area (Å²) in [5, 5.41) is 23.6. The van der Waals surface area contributed by atoms with Crippen molar-refractivity contribution in [3.05, 3.63) is 22.8 Å². The zero-order chi connectivity index (χ0) is 27.6. The van der Waals surface area contributed by atoms with E-state index in [0.29, 0.717) is 30.6 Å². The van der Waals surface area contributed by atoms with Crippen LogP contribution < -0.4 is 5.32 Å². The topological polar surface area (TPSA) is 78.8 Å². The van der Waals surface area contributed by atoms with Crippen LogP contribution >= 0.6 is 0 Å². The lowest BCUT2D eigenvalue weighted by Crippen LogP contribution is -2.43. The van der Waals surface area contributed by atoms with Gasteiger partial charge in [0.15, 0.2) is 0 Å². The fourth-order valence-electron chi connectivity index (χ4n) is 7.00. The molecule has 0 aromatic rings. The molecule has 1 saturated carbocycles. The molecule has 0 spiro atoms. The maximum absolute atomic E-state index is 12.4. The highest BCUT2D eigenvalue weighted by Crippen LogP contribution is 2.58. The van der Waals surface area contributed by atoms with Crippen molar-refractivity contribution >= 4 is 6.09 Å². The van der Waals surface area contributed by atoms with Crippen molar-refractivity contribution in [2.24, 2.45) is 23.2 Å². The number of nitrogens with one attached hydrogen (secondary N) is 1. The molecule has 0 heterocycles. The van der Waals surface area contributed by atoms with E-state index in [2.05, 4.69) is 37.1 Å². The standard InChI is InChI=1S/C32H51NO4/c1-21(11-9-17-31(6,7)36)26-15-16-27-23(12-10-18-32(26,27)8)13-14-24-19-25(34)20-28(22(24)2)33-29(35)37-30(3,4)5/h12,21,25-28,34,36H,9-11,15-20H2,1-8H3,(H,33,35)/t21-,25-,26-,27+,28+,32-/m1/s1. The predicted octanol–water partition coefficient (Wildman–Crippen LogP) is 6.68. The lowest BCUT2D eigenvalue weighted by atomic mass is 9.62. The molecule has 0 aromatic heterocycles. The molecule has 0 radical (unpaired) electrons. The summed E-state index contributed by atoms with van der Waals surface area (Å²) >= 11 is 0. The van der Waals surface area contributed by atoms with E-state index in [-0.39, 0.29) is 11.5 Å². The highest BCUT2D eigenvalue weighted by molar-refractivity contribution is 5.69. The molecule has 0 bridgehead atoms. The van der Waals surface area contributed by atoms with Crippen molar-refractivity contribution in [1.82, 2.24) is 5.32 Å². The molecular weight excluding hydrogens is 462 g/mol. The third-order valence-corrected chi connectivity index (χ3v) is 8.96. The molecule has 1 fully saturated rings. The first-order valence-corrected chi connectivity index (χ1v) is 14.4. The first kappa shape index (κ1) is 29.8. The van der Waals surface area contributed by atoms with Gasteiger partial charge in [0, 0.05) is 17.6 Å². The molecule has 3 aliphatic carbocycles. The lowest BCUT2D eigenvalue weighted by Gasteiger charge is -2.42. The first-order chi connectivity index (χ1) is 17.1. The third-order valence-electron chi connectivity index (χ3n) is 8.96. The van der Waals surface area contributed by atoms with Gasteiger partial charge in [-0.05, 0) is 109 Å². The Labute approximate surface area is 225 Å². The molecule has 5 nitrogen and oxygen atoms in total. The zero-order valence-corrected chi connectivity index (χ0v) is 24.5. The van der Waals surface area contributed by atoms with E-state index in [0.717, 1.165) is 36.8 Å². The Balaban J connectivity index is 1.72. The van der Waals surface area contributed by atoms with Gasteiger partial charge in [0.1, 0.15) is 5.60 Å². The van der Waals surface area contributed by atoms with E-state index in [4.69, 9.17) is 4.74 Å². The summed E-state index contributed by atoms with van der Waals surface area (Å²) in [6.45, 7) is 16.2. The lowest BCUT2D eigenvalue weighted by molar-refractivity contribution is 0.0489. The van der Waals surface area contributed by atoms with Gasteiger partial charge in [0.25, 0.3) is 0 Å². The average Bonchev–Trinajstić information content (AvgIpc) is 3.10. The van der Waals surface area contributed by atoms with Crippen LogP contribution in [0, 0.1) is 35.0 Å². The molecule has 3 aliphatic rings. The number of hydrogen-bond acceptors (Lipinski definition) is 4. The molecule has 0 aromatic carbocycles. The first-order valence-electron chi connectivity index (χ1n) is 14.4. The summed E-state index contributed by atoms with van der Waals surface area (Å²) in [6, 6.07) is -0.269. The summed E-state index contributed by atoms with van der Waals surface area (Å²) in [7, 11) is 0. The molecule has 37 heavy (non-hydrogen) atoms. The molecule has 0 aliphatic heterocycles. The molecule has 3 rings (SSSR count). The number of carbonyl (C=O) groups excluding carboxylic acids is 1. The van der Waals surface area contributed by atoms with Gasteiger partial charge >= 0.3 is 6.09 Å². The van der Waals surface area contributed by atoms with E-state index in [1.165, 1.54) is 24.8 Å². The summed E-state index contributed by atoms with van der Waals surface area (Å²) < 4.78 is 5.43. The number of amides is 1. The van der Waals surface area contributed by atoms with Crippen molar-refractivity contribution in [2.75, 3.05) is 0 Å². The second-order valence-corrected chi connectivity index (χ2v) is 13.8. The normalized spacial score (nSPS) is 31.1. The highest BCUT2D eigenvalue weighted by atomic mass is 16.6. The summed E-state index contributed by atoms with van der Waals surface area (Å²) in [5.74, 6) is 8.78. The van der Waals surface area contributed by atoms with Crippen LogP contribution in [0.25, 0.3) is 0 Å². The van der Waals surface area contributed by atoms with Gasteiger partial charge < -0.3 is 20.3 Å². The van der Waals surface area contributed by atoms with Gasteiger partial charge in [-0.15, -0.1) is 0 Å². The molecule has 208 valence electrons. The Kier molecular flexibility index (Phi) is 9.29. The van der Waals surface area contributed by atoms with E-state index in [1.807, 2.05) is 41.5 Å². The summed E-state index contributed by atoms with van der Waals surface area (Å²) in [6.07, 6.45) is 10.1.